The highest BCUT2D eigenvalue weighted by atomic mass is 16.2. The van der Waals surface area contributed by atoms with Crippen LogP contribution in [0, 0.1) is 13.8 Å². The monoisotopic (exact) mass is 266 g/mol. The van der Waals surface area contributed by atoms with Gasteiger partial charge < -0.3 is 10.6 Å². The molecule has 2 N–H and O–H groups in total. The second-order valence-electron chi connectivity index (χ2n) is 5.66. The predicted molar refractivity (Wildman–Crippen MR) is 76.9 cm³/mol. The first kappa shape index (κ1) is 15.7. The molecular weight excluding hydrogens is 240 g/mol. The smallest absolute Gasteiger partial charge is 0.234 e. The van der Waals surface area contributed by atoms with Crippen molar-refractivity contribution in [2.24, 2.45) is 7.05 Å². The number of aryl methyl sites for hydroxylation is 2. The van der Waals surface area contributed by atoms with Gasteiger partial charge in [0.25, 0.3) is 0 Å². The summed E-state index contributed by atoms with van der Waals surface area (Å²) in [5.41, 5.74) is 3.19. The van der Waals surface area contributed by atoms with Crippen LogP contribution in [0.1, 0.15) is 44.1 Å². The summed E-state index contributed by atoms with van der Waals surface area (Å²) in [6, 6.07) is 0. The highest BCUT2D eigenvalue weighted by Crippen LogP contribution is 2.11. The predicted octanol–water partition coefficient (Wildman–Crippen LogP) is 1.43. The molecule has 0 aliphatic heterocycles. The molecule has 1 rings (SSSR count). The molecule has 0 aromatic carbocycles. The van der Waals surface area contributed by atoms with Crippen LogP contribution in [0.3, 0.4) is 0 Å². The minimum absolute atomic E-state index is 0.0334. The Morgan fingerprint density at radius 2 is 2.00 bits per heavy atom. The fourth-order valence-corrected chi connectivity index (χ4v) is 1.88. The molecule has 0 bridgehead atoms. The standard InChI is InChI=1S/C14H26N4O/c1-7-14(4,5)16-13(19)9-15-8-12-10(2)17-18(6)11(12)3/h15H,7-9H2,1-6H3,(H,16,19). The van der Waals surface area contributed by atoms with Gasteiger partial charge >= 0.3 is 0 Å². The number of hydrogen-bond acceptors (Lipinski definition) is 3. The van der Waals surface area contributed by atoms with Crippen molar-refractivity contribution in [2.45, 2.75) is 53.1 Å². The first-order valence-corrected chi connectivity index (χ1v) is 6.77. The second kappa shape index (κ2) is 6.19. The van der Waals surface area contributed by atoms with E-state index >= 15 is 0 Å². The molecule has 0 unspecified atom stereocenters. The molecular formula is C14H26N4O. The summed E-state index contributed by atoms with van der Waals surface area (Å²) in [6.45, 7) is 11.2. The highest BCUT2D eigenvalue weighted by molar-refractivity contribution is 5.78. The van der Waals surface area contributed by atoms with E-state index in [0.29, 0.717) is 13.1 Å². The molecule has 5 nitrogen and oxygen atoms in total. The van der Waals surface area contributed by atoms with Gasteiger partial charge in [0.1, 0.15) is 0 Å². The number of hydrogen-bond donors (Lipinski definition) is 2. The minimum Gasteiger partial charge on any atom is -0.350 e. The Balaban J connectivity index is 2.44. The van der Waals surface area contributed by atoms with Crippen LogP contribution in [0.4, 0.5) is 0 Å². The summed E-state index contributed by atoms with van der Waals surface area (Å²) in [5, 5.41) is 10.5. The van der Waals surface area contributed by atoms with Crippen molar-refractivity contribution < 1.29 is 4.79 Å². The van der Waals surface area contributed by atoms with Crippen LogP contribution in [0.15, 0.2) is 0 Å². The molecule has 0 atom stereocenters. The van der Waals surface area contributed by atoms with Crippen LogP contribution >= 0.6 is 0 Å². The molecule has 0 saturated carbocycles. The van der Waals surface area contributed by atoms with Gasteiger partial charge in [0.15, 0.2) is 0 Å². The third-order valence-electron chi connectivity index (χ3n) is 3.61. The summed E-state index contributed by atoms with van der Waals surface area (Å²) in [6.07, 6.45) is 0.916. The Morgan fingerprint density at radius 1 is 1.37 bits per heavy atom. The van der Waals surface area contributed by atoms with Crippen LogP contribution in [-0.4, -0.2) is 27.8 Å². The Bertz CT molecular complexity index is 449. The van der Waals surface area contributed by atoms with E-state index < -0.39 is 0 Å². The third kappa shape index (κ3) is 4.35. The van der Waals surface area contributed by atoms with E-state index in [1.54, 1.807) is 0 Å². The van der Waals surface area contributed by atoms with E-state index in [0.717, 1.165) is 17.8 Å². The van der Waals surface area contributed by atoms with E-state index in [1.165, 1.54) is 5.56 Å². The van der Waals surface area contributed by atoms with Crippen LogP contribution in [-0.2, 0) is 18.4 Å². The first-order valence-electron chi connectivity index (χ1n) is 6.77. The molecule has 0 saturated heterocycles. The summed E-state index contributed by atoms with van der Waals surface area (Å²) < 4.78 is 1.87. The van der Waals surface area contributed by atoms with Gasteiger partial charge in [-0.2, -0.15) is 5.10 Å². The zero-order chi connectivity index (χ0) is 14.6. The lowest BCUT2D eigenvalue weighted by Gasteiger charge is -2.24. The quantitative estimate of drug-likeness (QED) is 0.819. The number of nitrogens with one attached hydrogen (secondary N) is 2. The molecule has 0 aliphatic carbocycles. The van der Waals surface area contributed by atoms with Crippen LogP contribution in [0.2, 0.25) is 0 Å². The number of carbonyl (C=O) groups is 1. The van der Waals surface area contributed by atoms with Gasteiger partial charge in [-0.15, -0.1) is 0 Å². The largest absolute Gasteiger partial charge is 0.350 e. The fraction of sp³-hybridized carbons (Fsp3) is 0.714. The van der Waals surface area contributed by atoms with Gasteiger partial charge in [0.2, 0.25) is 5.91 Å². The zero-order valence-electron chi connectivity index (χ0n) is 12.9. The van der Waals surface area contributed by atoms with Crippen LogP contribution < -0.4 is 10.6 Å². The Labute approximate surface area is 115 Å². The lowest BCUT2D eigenvalue weighted by molar-refractivity contribution is -0.121. The first-order chi connectivity index (χ1) is 8.76. The topological polar surface area (TPSA) is 59.0 Å². The molecule has 5 heteroatoms. The van der Waals surface area contributed by atoms with Crippen molar-refractivity contribution in [1.29, 1.82) is 0 Å². The zero-order valence-corrected chi connectivity index (χ0v) is 12.9. The van der Waals surface area contributed by atoms with E-state index in [-0.39, 0.29) is 11.4 Å². The van der Waals surface area contributed by atoms with Crippen molar-refractivity contribution in [3.63, 3.8) is 0 Å². The lowest BCUT2D eigenvalue weighted by Crippen LogP contribution is -2.46. The summed E-state index contributed by atoms with van der Waals surface area (Å²) in [4.78, 5) is 11.8. The molecule has 0 spiro atoms. The molecule has 0 fully saturated rings. The molecule has 1 aromatic rings. The number of aromatic nitrogens is 2. The molecule has 1 heterocycles. The van der Waals surface area contributed by atoms with Crippen molar-refractivity contribution in [2.75, 3.05) is 6.54 Å². The normalized spacial score (nSPS) is 11.7. The van der Waals surface area contributed by atoms with Crippen LogP contribution in [0.25, 0.3) is 0 Å². The van der Waals surface area contributed by atoms with Gasteiger partial charge in [-0.1, -0.05) is 6.92 Å². The van der Waals surface area contributed by atoms with Gasteiger partial charge in [0.05, 0.1) is 12.2 Å². The highest BCUT2D eigenvalue weighted by Gasteiger charge is 2.17. The molecule has 19 heavy (non-hydrogen) atoms. The number of nitrogens with zero attached hydrogens (tertiary/aromatic N) is 2. The van der Waals surface area contributed by atoms with Gasteiger partial charge in [-0.05, 0) is 34.1 Å². The number of amides is 1. The SMILES string of the molecule is CCC(C)(C)NC(=O)CNCc1c(C)nn(C)c1C. The van der Waals surface area contributed by atoms with Crippen LogP contribution in [0.5, 0.6) is 0 Å². The van der Waals surface area contributed by atoms with Gasteiger partial charge in [-0.3, -0.25) is 9.48 Å². The molecule has 1 amide bonds. The van der Waals surface area contributed by atoms with Gasteiger partial charge in [0, 0.05) is 30.4 Å². The fourth-order valence-electron chi connectivity index (χ4n) is 1.88. The Kier molecular flexibility index (Phi) is 5.11. The Morgan fingerprint density at radius 3 is 2.47 bits per heavy atom. The lowest BCUT2D eigenvalue weighted by atomic mass is 10.0. The molecule has 0 radical (unpaired) electrons. The Hall–Kier alpha value is -1.36. The average molecular weight is 266 g/mol. The molecule has 108 valence electrons. The number of rotatable bonds is 6. The molecule has 0 aliphatic rings. The van der Waals surface area contributed by atoms with Gasteiger partial charge in [-0.25, -0.2) is 0 Å². The number of carbonyl (C=O) groups excluding carboxylic acids is 1. The maximum absolute atomic E-state index is 11.8. The maximum Gasteiger partial charge on any atom is 0.234 e. The summed E-state index contributed by atoms with van der Waals surface area (Å²) >= 11 is 0. The van der Waals surface area contributed by atoms with E-state index in [4.69, 9.17) is 0 Å². The van der Waals surface area contributed by atoms with E-state index in [1.807, 2.05) is 39.4 Å². The van der Waals surface area contributed by atoms with E-state index in [9.17, 15) is 4.79 Å². The molecule has 1 aromatic heterocycles. The summed E-state index contributed by atoms with van der Waals surface area (Å²) in [5.74, 6) is 0.0334. The van der Waals surface area contributed by atoms with Crippen molar-refractivity contribution >= 4 is 5.91 Å². The van der Waals surface area contributed by atoms with Crippen molar-refractivity contribution in [3.05, 3.63) is 17.0 Å². The van der Waals surface area contributed by atoms with Crippen molar-refractivity contribution in [1.82, 2.24) is 20.4 Å². The van der Waals surface area contributed by atoms with E-state index in [2.05, 4.69) is 22.7 Å². The third-order valence-corrected chi connectivity index (χ3v) is 3.61. The maximum atomic E-state index is 11.8. The minimum atomic E-state index is -0.140. The summed E-state index contributed by atoms with van der Waals surface area (Å²) in [7, 11) is 1.93. The average Bonchev–Trinajstić information content (AvgIpc) is 2.55. The van der Waals surface area contributed by atoms with Crippen molar-refractivity contribution in [3.8, 4) is 0 Å². The second-order valence-corrected chi connectivity index (χ2v) is 5.66.